The van der Waals surface area contributed by atoms with Crippen molar-refractivity contribution in [2.24, 2.45) is 0 Å². The first kappa shape index (κ1) is 19.7. The Bertz CT molecular complexity index is 1020. The van der Waals surface area contributed by atoms with E-state index in [1.807, 2.05) is 48.5 Å². The number of aryl methyl sites for hydroxylation is 1. The Morgan fingerprint density at radius 3 is 2.45 bits per heavy atom. The number of hydrogen-bond acceptors (Lipinski definition) is 5. The fraction of sp³-hybridized carbons (Fsp3) is 0.136. The Balaban J connectivity index is 1.39. The van der Waals surface area contributed by atoms with Gasteiger partial charge in [0.2, 0.25) is 5.91 Å². The second-order valence-electron chi connectivity index (χ2n) is 6.12. The molecule has 1 heterocycles. The maximum absolute atomic E-state index is 11.9. The lowest BCUT2D eigenvalue weighted by atomic mass is 10.2. The lowest BCUT2D eigenvalue weighted by Crippen LogP contribution is -2.43. The van der Waals surface area contributed by atoms with E-state index in [9.17, 15) is 9.59 Å². The number of carbonyl (C=O) groups is 2. The van der Waals surface area contributed by atoms with E-state index >= 15 is 0 Å². The second kappa shape index (κ2) is 9.76. The number of amides is 2. The first-order valence-corrected chi connectivity index (χ1v) is 8.99. The van der Waals surface area contributed by atoms with Crippen molar-refractivity contribution in [2.45, 2.75) is 12.8 Å². The maximum Gasteiger partial charge on any atom is 0.276 e. The van der Waals surface area contributed by atoms with Gasteiger partial charge in [-0.1, -0.05) is 42.5 Å². The molecule has 3 aromatic rings. The lowest BCUT2D eigenvalue weighted by molar-refractivity contribution is -0.130. The third-order valence-corrected chi connectivity index (χ3v) is 4.03. The van der Waals surface area contributed by atoms with Gasteiger partial charge in [0.1, 0.15) is 23.3 Å². The van der Waals surface area contributed by atoms with Crippen molar-refractivity contribution in [2.75, 3.05) is 6.61 Å². The largest absolute Gasteiger partial charge is 0.482 e. The van der Waals surface area contributed by atoms with Crippen molar-refractivity contribution in [1.82, 2.24) is 10.9 Å². The Morgan fingerprint density at radius 1 is 0.931 bits per heavy atom. The third kappa shape index (κ3) is 5.71. The van der Waals surface area contributed by atoms with Crippen LogP contribution in [-0.2, 0) is 16.0 Å². The predicted molar refractivity (Wildman–Crippen MR) is 105 cm³/mol. The summed E-state index contributed by atoms with van der Waals surface area (Å²) in [6.07, 6.45) is 0.556. The summed E-state index contributed by atoms with van der Waals surface area (Å²) in [6, 6.07) is 21.9. The number of benzene rings is 2. The molecule has 1 aromatic heterocycles. The van der Waals surface area contributed by atoms with Gasteiger partial charge in [-0.3, -0.25) is 20.4 Å². The summed E-state index contributed by atoms with van der Waals surface area (Å²) in [5.41, 5.74) is 5.91. The van der Waals surface area contributed by atoms with Gasteiger partial charge in [-0.2, -0.15) is 5.26 Å². The molecular weight excluding hydrogens is 370 g/mol. The number of furan rings is 1. The normalized spacial score (nSPS) is 10.0. The van der Waals surface area contributed by atoms with E-state index in [2.05, 4.69) is 10.9 Å². The minimum atomic E-state index is -0.532. The summed E-state index contributed by atoms with van der Waals surface area (Å²) in [6.45, 7) is -0.322. The molecule has 0 unspecified atom stereocenters. The molecule has 0 atom stereocenters. The Morgan fingerprint density at radius 2 is 1.66 bits per heavy atom. The number of hydrazine groups is 1. The molecule has 29 heavy (non-hydrogen) atoms. The molecule has 2 amide bonds. The highest BCUT2D eigenvalue weighted by Crippen LogP contribution is 2.22. The number of nitrogens with one attached hydrogen (secondary N) is 2. The van der Waals surface area contributed by atoms with Crippen LogP contribution >= 0.6 is 0 Å². The molecule has 0 saturated heterocycles. The van der Waals surface area contributed by atoms with E-state index in [0.29, 0.717) is 23.5 Å². The molecule has 2 aromatic carbocycles. The summed E-state index contributed by atoms with van der Waals surface area (Å²) in [4.78, 5) is 23.7. The molecule has 146 valence electrons. The lowest BCUT2D eigenvalue weighted by Gasteiger charge is -2.09. The quantitative estimate of drug-likeness (QED) is 0.605. The predicted octanol–water partition coefficient (Wildman–Crippen LogP) is 2.98. The van der Waals surface area contributed by atoms with Crippen LogP contribution in [0.2, 0.25) is 0 Å². The molecule has 0 bridgehead atoms. The molecule has 7 nitrogen and oxygen atoms in total. The van der Waals surface area contributed by atoms with Crippen molar-refractivity contribution >= 4 is 11.8 Å². The fourth-order valence-corrected chi connectivity index (χ4v) is 2.57. The van der Waals surface area contributed by atoms with Crippen molar-refractivity contribution in [3.63, 3.8) is 0 Å². The van der Waals surface area contributed by atoms with E-state index in [-0.39, 0.29) is 18.9 Å². The average molecular weight is 389 g/mol. The van der Waals surface area contributed by atoms with Crippen LogP contribution in [0.3, 0.4) is 0 Å². The minimum Gasteiger partial charge on any atom is -0.482 e. The van der Waals surface area contributed by atoms with E-state index < -0.39 is 5.91 Å². The second-order valence-corrected chi connectivity index (χ2v) is 6.12. The highest BCUT2D eigenvalue weighted by Gasteiger charge is 2.10. The number of nitrogens with zero attached hydrogens (tertiary/aromatic N) is 1. The summed E-state index contributed by atoms with van der Waals surface area (Å²) in [5, 5.41) is 8.98. The summed E-state index contributed by atoms with van der Waals surface area (Å²) in [7, 11) is 0. The zero-order valence-corrected chi connectivity index (χ0v) is 15.6. The Hall–Kier alpha value is -4.05. The first-order valence-electron chi connectivity index (χ1n) is 8.99. The number of nitriles is 1. The topological polar surface area (TPSA) is 104 Å². The number of para-hydroxylation sites is 1. The summed E-state index contributed by atoms with van der Waals surface area (Å²) in [5.74, 6) is 0.846. The molecule has 0 aliphatic rings. The first-order chi connectivity index (χ1) is 14.2. The number of hydrogen-bond donors (Lipinski definition) is 2. The highest BCUT2D eigenvalue weighted by atomic mass is 16.5. The summed E-state index contributed by atoms with van der Waals surface area (Å²) < 4.78 is 11.0. The Labute approximate surface area is 167 Å². The molecule has 0 spiro atoms. The van der Waals surface area contributed by atoms with Gasteiger partial charge >= 0.3 is 0 Å². The fourth-order valence-electron chi connectivity index (χ4n) is 2.57. The highest BCUT2D eigenvalue weighted by molar-refractivity contribution is 5.82. The molecule has 0 fully saturated rings. The van der Waals surface area contributed by atoms with Gasteiger partial charge in [0.05, 0.1) is 5.56 Å². The minimum absolute atomic E-state index is 0.153. The van der Waals surface area contributed by atoms with E-state index in [1.54, 1.807) is 24.3 Å². The number of rotatable bonds is 7. The van der Waals surface area contributed by atoms with E-state index in [4.69, 9.17) is 14.4 Å². The number of carbonyl (C=O) groups excluding carboxylic acids is 2. The van der Waals surface area contributed by atoms with E-state index in [1.165, 1.54) is 0 Å². The van der Waals surface area contributed by atoms with Gasteiger partial charge in [0.15, 0.2) is 6.61 Å². The van der Waals surface area contributed by atoms with Crippen molar-refractivity contribution in [3.8, 4) is 23.1 Å². The third-order valence-electron chi connectivity index (χ3n) is 4.03. The van der Waals surface area contributed by atoms with Crippen LogP contribution in [0.15, 0.2) is 71.1 Å². The molecule has 0 radical (unpaired) electrons. The van der Waals surface area contributed by atoms with Crippen LogP contribution in [0.5, 0.6) is 5.75 Å². The SMILES string of the molecule is N#Cc1ccccc1OCC(=O)NNC(=O)CCc1ccc(-c2ccccc2)o1. The molecule has 0 aliphatic heterocycles. The van der Waals surface area contributed by atoms with E-state index in [0.717, 1.165) is 11.3 Å². The van der Waals surface area contributed by atoms with Crippen molar-refractivity contribution < 1.29 is 18.7 Å². The Kier molecular flexibility index (Phi) is 6.63. The van der Waals surface area contributed by atoms with Crippen molar-refractivity contribution in [3.05, 3.63) is 78.1 Å². The van der Waals surface area contributed by atoms with Gasteiger partial charge in [0, 0.05) is 18.4 Å². The maximum atomic E-state index is 11.9. The molecule has 7 heteroatoms. The summed E-state index contributed by atoms with van der Waals surface area (Å²) >= 11 is 0. The van der Waals surface area contributed by atoms with Gasteiger partial charge in [-0.05, 0) is 24.3 Å². The van der Waals surface area contributed by atoms with Gasteiger partial charge in [0.25, 0.3) is 5.91 Å². The smallest absolute Gasteiger partial charge is 0.276 e. The van der Waals surface area contributed by atoms with Crippen LogP contribution in [0.1, 0.15) is 17.7 Å². The molecule has 2 N–H and O–H groups in total. The van der Waals surface area contributed by atoms with Gasteiger partial charge < -0.3 is 9.15 Å². The average Bonchev–Trinajstić information content (AvgIpc) is 3.24. The zero-order chi connectivity index (χ0) is 20.5. The standard InChI is InChI=1S/C22H19N3O4/c23-14-17-8-4-5-9-19(17)28-15-22(27)25-24-21(26)13-11-18-10-12-20(29-18)16-6-2-1-3-7-16/h1-10,12H,11,13,15H2,(H,24,26)(H,25,27). The molecular formula is C22H19N3O4. The van der Waals surface area contributed by atoms with Gasteiger partial charge in [-0.15, -0.1) is 0 Å². The van der Waals surface area contributed by atoms with Crippen LogP contribution < -0.4 is 15.6 Å². The molecule has 0 aliphatic carbocycles. The number of ether oxygens (including phenoxy) is 1. The molecule has 0 saturated carbocycles. The van der Waals surface area contributed by atoms with Crippen LogP contribution in [0.25, 0.3) is 11.3 Å². The van der Waals surface area contributed by atoms with Crippen LogP contribution in [-0.4, -0.2) is 18.4 Å². The monoisotopic (exact) mass is 389 g/mol. The van der Waals surface area contributed by atoms with Crippen LogP contribution in [0, 0.1) is 11.3 Å². The van der Waals surface area contributed by atoms with Crippen LogP contribution in [0.4, 0.5) is 0 Å². The van der Waals surface area contributed by atoms with Crippen molar-refractivity contribution in [1.29, 1.82) is 5.26 Å². The van der Waals surface area contributed by atoms with Gasteiger partial charge in [-0.25, -0.2) is 0 Å². The zero-order valence-electron chi connectivity index (χ0n) is 15.6. The molecule has 3 rings (SSSR count).